The first-order valence-corrected chi connectivity index (χ1v) is 8.48. The van der Waals surface area contributed by atoms with Gasteiger partial charge in [-0.25, -0.2) is 4.98 Å². The smallest absolute Gasteiger partial charge is 0.220 e. The fraction of sp³-hybridized carbons (Fsp3) is 0.263. The van der Waals surface area contributed by atoms with Crippen LogP contribution in [0.5, 0.6) is 0 Å². The van der Waals surface area contributed by atoms with Crippen LogP contribution < -0.4 is 5.32 Å². The summed E-state index contributed by atoms with van der Waals surface area (Å²) < 4.78 is 0. The number of benzene rings is 2. The first kappa shape index (κ1) is 16.5. The van der Waals surface area contributed by atoms with E-state index < -0.39 is 0 Å². The van der Waals surface area contributed by atoms with E-state index in [1.807, 2.05) is 55.5 Å². The zero-order valence-electron chi connectivity index (χ0n) is 13.6. The lowest BCUT2D eigenvalue weighted by molar-refractivity contribution is -0.121. The molecule has 1 amide bonds. The average molecular weight is 342 g/mol. The normalized spacial score (nSPS) is 12.2. The summed E-state index contributed by atoms with van der Waals surface area (Å²) in [5, 5.41) is 3.71. The number of amides is 1. The Bertz CT molecular complexity index is 793. The van der Waals surface area contributed by atoms with E-state index in [4.69, 9.17) is 11.6 Å². The van der Waals surface area contributed by atoms with Gasteiger partial charge in [0.25, 0.3) is 0 Å². The number of imidazole rings is 1. The monoisotopic (exact) mass is 341 g/mol. The molecule has 0 fully saturated rings. The molecule has 124 valence electrons. The van der Waals surface area contributed by atoms with E-state index in [0.29, 0.717) is 11.4 Å². The number of halogens is 1. The van der Waals surface area contributed by atoms with Crippen molar-refractivity contribution in [2.75, 3.05) is 0 Å². The molecule has 0 aliphatic rings. The molecule has 0 unspecified atom stereocenters. The Morgan fingerprint density at radius 2 is 1.96 bits per heavy atom. The number of carbonyl (C=O) groups excluding carboxylic acids is 1. The summed E-state index contributed by atoms with van der Waals surface area (Å²) in [5.41, 5.74) is 3.05. The van der Waals surface area contributed by atoms with Crippen LogP contribution in [0.25, 0.3) is 11.0 Å². The summed E-state index contributed by atoms with van der Waals surface area (Å²) in [5.74, 6) is 0.975. The second kappa shape index (κ2) is 7.49. The van der Waals surface area contributed by atoms with Crippen LogP contribution in [0.1, 0.15) is 37.2 Å². The van der Waals surface area contributed by atoms with Crippen LogP contribution in [0.3, 0.4) is 0 Å². The maximum absolute atomic E-state index is 12.1. The van der Waals surface area contributed by atoms with Gasteiger partial charge in [0.1, 0.15) is 5.82 Å². The molecule has 0 radical (unpaired) electrons. The Morgan fingerprint density at radius 1 is 1.21 bits per heavy atom. The van der Waals surface area contributed by atoms with Crippen molar-refractivity contribution in [2.45, 2.75) is 32.2 Å². The topological polar surface area (TPSA) is 57.8 Å². The Labute approximate surface area is 146 Å². The van der Waals surface area contributed by atoms with Gasteiger partial charge >= 0.3 is 0 Å². The van der Waals surface area contributed by atoms with Gasteiger partial charge in [-0.15, -0.1) is 0 Å². The van der Waals surface area contributed by atoms with Gasteiger partial charge in [0.15, 0.2) is 0 Å². The van der Waals surface area contributed by atoms with Crippen molar-refractivity contribution in [3.05, 3.63) is 64.9 Å². The van der Waals surface area contributed by atoms with Crippen molar-refractivity contribution in [3.63, 3.8) is 0 Å². The lowest BCUT2D eigenvalue weighted by Gasteiger charge is -2.14. The zero-order chi connectivity index (χ0) is 16.9. The summed E-state index contributed by atoms with van der Waals surface area (Å²) in [4.78, 5) is 19.9. The minimum absolute atomic E-state index is 0.0269. The molecule has 0 bridgehead atoms. The molecule has 3 aromatic rings. The highest BCUT2D eigenvalue weighted by atomic mass is 35.5. The highest BCUT2D eigenvalue weighted by molar-refractivity contribution is 6.30. The molecular formula is C19H20ClN3O. The van der Waals surface area contributed by atoms with Gasteiger partial charge in [-0.05, 0) is 43.2 Å². The molecule has 0 saturated heterocycles. The Balaban J connectivity index is 1.47. The minimum Gasteiger partial charge on any atom is -0.350 e. The van der Waals surface area contributed by atoms with Gasteiger partial charge in [-0.1, -0.05) is 35.9 Å². The maximum atomic E-state index is 12.1. The lowest BCUT2D eigenvalue weighted by atomic mass is 10.1. The lowest BCUT2D eigenvalue weighted by Crippen LogP contribution is -2.26. The largest absolute Gasteiger partial charge is 0.350 e. The fourth-order valence-electron chi connectivity index (χ4n) is 2.69. The van der Waals surface area contributed by atoms with E-state index in [0.717, 1.165) is 35.3 Å². The number of carbonyl (C=O) groups is 1. The zero-order valence-corrected chi connectivity index (χ0v) is 14.3. The van der Waals surface area contributed by atoms with E-state index >= 15 is 0 Å². The van der Waals surface area contributed by atoms with Gasteiger partial charge in [0.2, 0.25) is 5.91 Å². The highest BCUT2D eigenvalue weighted by Gasteiger charge is 2.10. The molecule has 1 heterocycles. The molecule has 2 aromatic carbocycles. The van der Waals surface area contributed by atoms with Crippen LogP contribution >= 0.6 is 11.6 Å². The van der Waals surface area contributed by atoms with Crippen LogP contribution in [-0.2, 0) is 11.2 Å². The number of nitrogens with one attached hydrogen (secondary N) is 2. The van der Waals surface area contributed by atoms with Crippen molar-refractivity contribution in [2.24, 2.45) is 0 Å². The molecule has 3 rings (SSSR count). The first-order valence-electron chi connectivity index (χ1n) is 8.10. The standard InChI is InChI=1S/C19H20ClN3O/c1-13(14-9-11-15(20)12-10-14)21-19(24)8-4-7-18-22-16-5-2-3-6-17(16)23-18/h2-3,5-6,9-13H,4,7-8H2,1H3,(H,21,24)(H,22,23)/t13-/m1/s1. The molecule has 1 aromatic heterocycles. The summed E-state index contributed by atoms with van der Waals surface area (Å²) in [6.07, 6.45) is 2.01. The van der Waals surface area contributed by atoms with Gasteiger partial charge in [-0.3, -0.25) is 4.79 Å². The van der Waals surface area contributed by atoms with Gasteiger partial charge in [-0.2, -0.15) is 0 Å². The SMILES string of the molecule is C[C@@H](NC(=O)CCCc1nc2ccccc2[nH]1)c1ccc(Cl)cc1. The first-order chi connectivity index (χ1) is 11.6. The van der Waals surface area contributed by atoms with Crippen LogP contribution in [0, 0.1) is 0 Å². The molecule has 24 heavy (non-hydrogen) atoms. The van der Waals surface area contributed by atoms with E-state index in [1.165, 1.54) is 0 Å². The second-order valence-electron chi connectivity index (χ2n) is 5.89. The fourth-order valence-corrected chi connectivity index (χ4v) is 2.81. The number of aryl methyl sites for hydroxylation is 1. The summed E-state index contributed by atoms with van der Waals surface area (Å²) in [7, 11) is 0. The molecular weight excluding hydrogens is 322 g/mol. The number of rotatable bonds is 6. The molecule has 2 N–H and O–H groups in total. The molecule has 0 aliphatic carbocycles. The number of aromatic nitrogens is 2. The van der Waals surface area contributed by atoms with Gasteiger partial charge in [0, 0.05) is 17.9 Å². The van der Waals surface area contributed by atoms with Crippen LogP contribution in [0.15, 0.2) is 48.5 Å². The summed E-state index contributed by atoms with van der Waals surface area (Å²) in [6.45, 7) is 1.97. The third kappa shape index (κ3) is 4.15. The van der Waals surface area contributed by atoms with Crippen LogP contribution in [-0.4, -0.2) is 15.9 Å². The van der Waals surface area contributed by atoms with Crippen LogP contribution in [0.2, 0.25) is 5.02 Å². The maximum Gasteiger partial charge on any atom is 0.220 e. The number of hydrogen-bond donors (Lipinski definition) is 2. The van der Waals surface area contributed by atoms with Crippen molar-refractivity contribution < 1.29 is 4.79 Å². The number of aromatic amines is 1. The number of para-hydroxylation sites is 2. The van der Waals surface area contributed by atoms with Crippen molar-refractivity contribution in [1.82, 2.24) is 15.3 Å². The van der Waals surface area contributed by atoms with E-state index in [2.05, 4.69) is 15.3 Å². The minimum atomic E-state index is -0.0269. The quantitative estimate of drug-likeness (QED) is 0.697. The van der Waals surface area contributed by atoms with Gasteiger partial charge in [0.05, 0.1) is 17.1 Å². The van der Waals surface area contributed by atoms with Crippen LogP contribution in [0.4, 0.5) is 0 Å². The number of hydrogen-bond acceptors (Lipinski definition) is 2. The Hall–Kier alpha value is -2.33. The summed E-state index contributed by atoms with van der Waals surface area (Å²) >= 11 is 5.88. The van der Waals surface area contributed by atoms with Crippen molar-refractivity contribution in [3.8, 4) is 0 Å². The highest BCUT2D eigenvalue weighted by Crippen LogP contribution is 2.16. The predicted molar refractivity (Wildman–Crippen MR) is 97.0 cm³/mol. The van der Waals surface area contributed by atoms with Gasteiger partial charge < -0.3 is 10.3 Å². The molecule has 0 aliphatic heterocycles. The number of fused-ring (bicyclic) bond motifs is 1. The van der Waals surface area contributed by atoms with Crippen molar-refractivity contribution >= 4 is 28.5 Å². The summed E-state index contributed by atoms with van der Waals surface area (Å²) in [6, 6.07) is 15.4. The number of nitrogens with zero attached hydrogens (tertiary/aromatic N) is 1. The van der Waals surface area contributed by atoms with Crippen molar-refractivity contribution in [1.29, 1.82) is 0 Å². The Kier molecular flexibility index (Phi) is 5.16. The van der Waals surface area contributed by atoms with E-state index in [1.54, 1.807) is 0 Å². The third-order valence-electron chi connectivity index (χ3n) is 4.00. The van der Waals surface area contributed by atoms with E-state index in [-0.39, 0.29) is 11.9 Å². The molecule has 0 saturated carbocycles. The second-order valence-corrected chi connectivity index (χ2v) is 6.33. The third-order valence-corrected chi connectivity index (χ3v) is 4.26. The number of H-pyrrole nitrogens is 1. The Morgan fingerprint density at radius 3 is 2.71 bits per heavy atom. The molecule has 0 spiro atoms. The predicted octanol–water partition coefficient (Wildman–Crippen LogP) is 4.42. The molecule has 4 nitrogen and oxygen atoms in total. The average Bonchev–Trinajstić information content (AvgIpc) is 2.98. The molecule has 5 heteroatoms. The van der Waals surface area contributed by atoms with E-state index in [9.17, 15) is 4.79 Å². The molecule has 1 atom stereocenters.